The smallest absolute Gasteiger partial charge is 0.101 e. The Morgan fingerprint density at radius 1 is 1.86 bits per heavy atom. The van der Waals surface area contributed by atoms with Crippen molar-refractivity contribution in [2.24, 2.45) is 5.18 Å². The highest BCUT2D eigenvalue weighted by atomic mass is 16.3. The van der Waals surface area contributed by atoms with Gasteiger partial charge in [-0.25, -0.2) is 0 Å². The Bertz CT molecular complexity index is 55.7. The van der Waals surface area contributed by atoms with E-state index in [1.54, 1.807) is 14.0 Å². The minimum atomic E-state index is -0.0926. The predicted molar refractivity (Wildman–Crippen MR) is 29.2 cm³/mol. The van der Waals surface area contributed by atoms with Crippen molar-refractivity contribution in [3.05, 3.63) is 4.91 Å². The standard InChI is InChI=1S/C4H10N2O/c1-4(6-7)3-5-2/h4-5H,3H2,1-2H3. The topological polar surface area (TPSA) is 41.5 Å². The van der Waals surface area contributed by atoms with E-state index >= 15 is 0 Å². The summed E-state index contributed by atoms with van der Waals surface area (Å²) in [6, 6.07) is -0.0926. The molecule has 3 nitrogen and oxygen atoms in total. The Kier molecular flexibility index (Phi) is 3.50. The highest BCUT2D eigenvalue weighted by Crippen LogP contribution is 1.81. The van der Waals surface area contributed by atoms with Crippen LogP contribution in [0.1, 0.15) is 6.92 Å². The fourth-order valence-corrected chi connectivity index (χ4v) is 0.333. The molecule has 7 heavy (non-hydrogen) atoms. The second kappa shape index (κ2) is 3.74. The third-order valence-corrected chi connectivity index (χ3v) is 0.679. The van der Waals surface area contributed by atoms with Crippen molar-refractivity contribution in [3.8, 4) is 0 Å². The molecule has 0 saturated heterocycles. The van der Waals surface area contributed by atoms with Crippen LogP contribution in [0.4, 0.5) is 0 Å². The molecule has 1 atom stereocenters. The van der Waals surface area contributed by atoms with Crippen molar-refractivity contribution in [1.29, 1.82) is 0 Å². The maximum absolute atomic E-state index is 9.60. The van der Waals surface area contributed by atoms with Crippen LogP contribution in [0.5, 0.6) is 0 Å². The summed E-state index contributed by atoms with van der Waals surface area (Å²) in [5, 5.41) is 5.59. The fraction of sp³-hybridized carbons (Fsp3) is 1.00. The molecule has 0 spiro atoms. The van der Waals surface area contributed by atoms with Crippen LogP contribution in [0.3, 0.4) is 0 Å². The summed E-state index contributed by atoms with van der Waals surface area (Å²) in [7, 11) is 1.79. The van der Waals surface area contributed by atoms with Gasteiger partial charge in [-0.1, -0.05) is 5.18 Å². The summed E-state index contributed by atoms with van der Waals surface area (Å²) in [4.78, 5) is 9.60. The summed E-state index contributed by atoms with van der Waals surface area (Å²) in [5.41, 5.74) is 0. The van der Waals surface area contributed by atoms with Crippen LogP contribution in [0.15, 0.2) is 5.18 Å². The number of hydrogen-bond acceptors (Lipinski definition) is 3. The van der Waals surface area contributed by atoms with Gasteiger partial charge in [0.25, 0.3) is 0 Å². The van der Waals surface area contributed by atoms with Crippen molar-refractivity contribution in [2.45, 2.75) is 13.0 Å². The number of rotatable bonds is 3. The molecule has 0 bridgehead atoms. The molecule has 1 N–H and O–H groups in total. The maximum atomic E-state index is 9.60. The van der Waals surface area contributed by atoms with Gasteiger partial charge in [0.1, 0.15) is 6.04 Å². The van der Waals surface area contributed by atoms with Gasteiger partial charge in [0, 0.05) is 6.54 Å². The molecule has 0 aliphatic carbocycles. The Labute approximate surface area is 43.1 Å². The van der Waals surface area contributed by atoms with Crippen LogP contribution in [-0.2, 0) is 0 Å². The lowest BCUT2D eigenvalue weighted by molar-refractivity contribution is 0.664. The highest BCUT2D eigenvalue weighted by molar-refractivity contribution is 4.58. The van der Waals surface area contributed by atoms with E-state index in [4.69, 9.17) is 0 Å². The summed E-state index contributed by atoms with van der Waals surface area (Å²) in [6.07, 6.45) is 0. The molecule has 0 rings (SSSR count). The summed E-state index contributed by atoms with van der Waals surface area (Å²) in [5.74, 6) is 0. The molecule has 0 aromatic heterocycles. The van der Waals surface area contributed by atoms with E-state index in [1.807, 2.05) is 0 Å². The van der Waals surface area contributed by atoms with Gasteiger partial charge in [0.05, 0.1) is 0 Å². The van der Waals surface area contributed by atoms with E-state index in [-0.39, 0.29) is 6.04 Å². The average molecular weight is 102 g/mol. The molecule has 3 heteroatoms. The lowest BCUT2D eigenvalue weighted by Crippen LogP contribution is -2.18. The zero-order valence-electron chi connectivity index (χ0n) is 4.64. The van der Waals surface area contributed by atoms with Crippen LogP contribution >= 0.6 is 0 Å². The molecule has 0 aliphatic heterocycles. The molecular formula is C4H10N2O. The van der Waals surface area contributed by atoms with Crippen LogP contribution in [-0.4, -0.2) is 19.6 Å². The second-order valence-corrected chi connectivity index (χ2v) is 1.51. The molecule has 0 aliphatic rings. The van der Waals surface area contributed by atoms with Gasteiger partial charge in [-0.05, 0) is 14.0 Å². The molecule has 0 fully saturated rings. The first-order valence-electron chi connectivity index (χ1n) is 2.28. The average Bonchev–Trinajstić information content (AvgIpc) is 1.68. The van der Waals surface area contributed by atoms with Gasteiger partial charge in [0.15, 0.2) is 0 Å². The molecule has 0 aromatic rings. The molecule has 0 heterocycles. The van der Waals surface area contributed by atoms with Gasteiger partial charge >= 0.3 is 0 Å². The minimum Gasteiger partial charge on any atom is -0.318 e. The number of nitrogens with zero attached hydrogens (tertiary/aromatic N) is 1. The largest absolute Gasteiger partial charge is 0.318 e. The van der Waals surface area contributed by atoms with E-state index in [2.05, 4.69) is 10.5 Å². The van der Waals surface area contributed by atoms with E-state index in [0.29, 0.717) is 6.54 Å². The van der Waals surface area contributed by atoms with Crippen molar-refractivity contribution >= 4 is 0 Å². The lowest BCUT2D eigenvalue weighted by Gasteiger charge is -1.96. The summed E-state index contributed by atoms with van der Waals surface area (Å²) < 4.78 is 0. The van der Waals surface area contributed by atoms with Gasteiger partial charge in [-0.2, -0.15) is 4.91 Å². The molecule has 0 saturated carbocycles. The Balaban J connectivity index is 2.98. The maximum Gasteiger partial charge on any atom is 0.101 e. The Morgan fingerprint density at radius 2 is 2.43 bits per heavy atom. The van der Waals surface area contributed by atoms with Gasteiger partial charge in [-0.15, -0.1) is 0 Å². The summed E-state index contributed by atoms with van der Waals surface area (Å²) >= 11 is 0. The van der Waals surface area contributed by atoms with Crippen molar-refractivity contribution in [3.63, 3.8) is 0 Å². The molecule has 0 aromatic carbocycles. The van der Waals surface area contributed by atoms with E-state index in [9.17, 15) is 4.91 Å². The SMILES string of the molecule is CNCC(C)N=O. The van der Waals surface area contributed by atoms with Crippen LogP contribution in [0, 0.1) is 4.91 Å². The zero-order chi connectivity index (χ0) is 5.70. The normalized spacial score (nSPS) is 13.4. The van der Waals surface area contributed by atoms with Crippen LogP contribution < -0.4 is 5.32 Å². The Hall–Kier alpha value is -0.440. The fourth-order valence-electron chi connectivity index (χ4n) is 0.333. The number of nitroso groups, excluding NO2 is 1. The van der Waals surface area contributed by atoms with Crippen LogP contribution in [0.25, 0.3) is 0 Å². The number of nitrogens with one attached hydrogen (secondary N) is 1. The first kappa shape index (κ1) is 6.56. The monoisotopic (exact) mass is 102 g/mol. The van der Waals surface area contributed by atoms with Gasteiger partial charge in [0.2, 0.25) is 0 Å². The summed E-state index contributed by atoms with van der Waals surface area (Å²) in [6.45, 7) is 2.44. The van der Waals surface area contributed by atoms with Crippen molar-refractivity contribution < 1.29 is 0 Å². The first-order valence-corrected chi connectivity index (χ1v) is 2.28. The molecule has 1 unspecified atom stereocenters. The van der Waals surface area contributed by atoms with Gasteiger partial charge in [-0.3, -0.25) is 0 Å². The van der Waals surface area contributed by atoms with E-state index in [1.165, 1.54) is 0 Å². The predicted octanol–water partition coefficient (Wildman–Crippen LogP) is 0.361. The number of likely N-dealkylation sites (N-methyl/N-ethyl adjacent to an activating group) is 1. The minimum absolute atomic E-state index is 0.0926. The highest BCUT2D eigenvalue weighted by Gasteiger charge is 1.93. The van der Waals surface area contributed by atoms with Crippen LogP contribution in [0.2, 0.25) is 0 Å². The lowest BCUT2D eigenvalue weighted by atomic mass is 10.4. The number of hydrogen-bond donors (Lipinski definition) is 1. The zero-order valence-corrected chi connectivity index (χ0v) is 4.64. The molecular weight excluding hydrogens is 92.1 g/mol. The van der Waals surface area contributed by atoms with E-state index < -0.39 is 0 Å². The Morgan fingerprint density at radius 3 is 2.57 bits per heavy atom. The third-order valence-electron chi connectivity index (χ3n) is 0.679. The molecule has 0 radical (unpaired) electrons. The molecule has 42 valence electrons. The van der Waals surface area contributed by atoms with Crippen molar-refractivity contribution in [2.75, 3.05) is 13.6 Å². The molecule has 0 amide bonds. The quantitative estimate of drug-likeness (QED) is 0.523. The third kappa shape index (κ3) is 3.39. The van der Waals surface area contributed by atoms with E-state index in [0.717, 1.165) is 0 Å². The second-order valence-electron chi connectivity index (χ2n) is 1.51. The van der Waals surface area contributed by atoms with Crippen molar-refractivity contribution in [1.82, 2.24) is 5.32 Å². The van der Waals surface area contributed by atoms with Gasteiger partial charge < -0.3 is 5.32 Å². The first-order chi connectivity index (χ1) is 3.31.